The fraction of sp³-hybridized carbons (Fsp3) is 0. The second kappa shape index (κ2) is 2.74. The average Bonchev–Trinajstić information content (AvgIpc) is 2.43. The van der Waals surface area contributed by atoms with Gasteiger partial charge in [-0.2, -0.15) is 0 Å². The van der Waals surface area contributed by atoms with Crippen LogP contribution >= 0.6 is 11.6 Å². The lowest BCUT2D eigenvalue weighted by Gasteiger charge is -1.96. The van der Waals surface area contributed by atoms with Gasteiger partial charge in [-0.25, -0.2) is 4.98 Å². The molecule has 2 N–H and O–H groups in total. The number of amides is 1. The van der Waals surface area contributed by atoms with Gasteiger partial charge in [-0.3, -0.25) is 4.79 Å². The van der Waals surface area contributed by atoms with Gasteiger partial charge in [0.15, 0.2) is 5.65 Å². The fourth-order valence-electron chi connectivity index (χ4n) is 1.18. The van der Waals surface area contributed by atoms with Gasteiger partial charge in [0.1, 0.15) is 5.15 Å². The van der Waals surface area contributed by atoms with Gasteiger partial charge in [0, 0.05) is 12.4 Å². The number of nitrogens with two attached hydrogens (primary N) is 1. The van der Waals surface area contributed by atoms with E-state index in [-0.39, 0.29) is 0 Å². The van der Waals surface area contributed by atoms with E-state index >= 15 is 0 Å². The number of primary amides is 1. The number of hydrogen-bond acceptors (Lipinski definition) is 2. The van der Waals surface area contributed by atoms with E-state index in [9.17, 15) is 4.79 Å². The maximum absolute atomic E-state index is 10.9. The number of carbonyl (C=O) groups is 1. The van der Waals surface area contributed by atoms with E-state index < -0.39 is 5.91 Å². The van der Waals surface area contributed by atoms with Crippen LogP contribution in [0, 0.1) is 0 Å². The highest BCUT2D eigenvalue weighted by Gasteiger charge is 2.08. The van der Waals surface area contributed by atoms with Gasteiger partial charge in [0.2, 0.25) is 0 Å². The number of imidazole rings is 1. The Morgan fingerprint density at radius 2 is 2.38 bits per heavy atom. The molecule has 0 fully saturated rings. The fourth-order valence-corrected chi connectivity index (χ4v) is 1.36. The molecule has 0 radical (unpaired) electrons. The molecule has 13 heavy (non-hydrogen) atoms. The summed E-state index contributed by atoms with van der Waals surface area (Å²) in [5.74, 6) is -0.507. The van der Waals surface area contributed by atoms with Crippen LogP contribution in [0.15, 0.2) is 24.5 Å². The summed E-state index contributed by atoms with van der Waals surface area (Å²) in [4.78, 5) is 14.9. The molecule has 1 amide bonds. The molecule has 0 aliphatic rings. The first-order chi connectivity index (χ1) is 6.18. The van der Waals surface area contributed by atoms with E-state index in [1.807, 2.05) is 0 Å². The molecule has 5 heteroatoms. The van der Waals surface area contributed by atoms with Gasteiger partial charge < -0.3 is 10.1 Å². The molecule has 0 atom stereocenters. The van der Waals surface area contributed by atoms with Crippen molar-refractivity contribution in [2.45, 2.75) is 0 Å². The molecule has 2 rings (SSSR count). The number of hydrogen-bond donors (Lipinski definition) is 1. The minimum Gasteiger partial charge on any atom is -0.365 e. The zero-order chi connectivity index (χ0) is 9.42. The third kappa shape index (κ3) is 1.25. The maximum Gasteiger partial charge on any atom is 0.252 e. The first-order valence-corrected chi connectivity index (χ1v) is 3.99. The largest absolute Gasteiger partial charge is 0.365 e. The number of carbonyl (C=O) groups excluding carboxylic acids is 1. The van der Waals surface area contributed by atoms with Crippen LogP contribution in [0.25, 0.3) is 5.65 Å². The van der Waals surface area contributed by atoms with Crippen molar-refractivity contribution in [1.29, 1.82) is 0 Å². The predicted octanol–water partition coefficient (Wildman–Crippen LogP) is 1.09. The minimum atomic E-state index is -0.507. The number of aromatic nitrogens is 2. The third-order valence-corrected chi connectivity index (χ3v) is 1.90. The molecule has 0 aliphatic carbocycles. The number of fused-ring (bicyclic) bond motifs is 1. The van der Waals surface area contributed by atoms with E-state index in [1.165, 1.54) is 0 Å². The van der Waals surface area contributed by atoms with Crippen LogP contribution < -0.4 is 5.73 Å². The van der Waals surface area contributed by atoms with Crippen LogP contribution in [0.2, 0.25) is 5.15 Å². The smallest absolute Gasteiger partial charge is 0.252 e. The highest BCUT2D eigenvalue weighted by molar-refractivity contribution is 6.29. The Hall–Kier alpha value is -1.55. The summed E-state index contributed by atoms with van der Waals surface area (Å²) in [6.07, 6.45) is 3.37. The lowest BCUT2D eigenvalue weighted by Crippen LogP contribution is -2.12. The Kier molecular flexibility index (Phi) is 1.70. The molecule has 0 aromatic carbocycles. The normalized spacial score (nSPS) is 10.5. The Bertz CT molecular complexity index is 477. The van der Waals surface area contributed by atoms with Gasteiger partial charge in [-0.1, -0.05) is 11.6 Å². The van der Waals surface area contributed by atoms with Crippen LogP contribution in [-0.4, -0.2) is 15.3 Å². The average molecular weight is 196 g/mol. The Morgan fingerprint density at radius 1 is 1.62 bits per heavy atom. The van der Waals surface area contributed by atoms with Crippen LogP contribution in [-0.2, 0) is 0 Å². The molecule has 0 saturated heterocycles. The Morgan fingerprint density at radius 3 is 3.08 bits per heavy atom. The quantitative estimate of drug-likeness (QED) is 0.741. The molecule has 4 nitrogen and oxygen atoms in total. The van der Waals surface area contributed by atoms with Crippen molar-refractivity contribution in [1.82, 2.24) is 9.38 Å². The van der Waals surface area contributed by atoms with Crippen molar-refractivity contribution in [3.05, 3.63) is 35.2 Å². The molecule has 2 aromatic heterocycles. The Balaban J connectivity index is 2.82. The molecular formula is C8H6ClN3O. The zero-order valence-electron chi connectivity index (χ0n) is 6.57. The predicted molar refractivity (Wildman–Crippen MR) is 48.7 cm³/mol. The molecule has 0 unspecified atom stereocenters. The van der Waals surface area contributed by atoms with Gasteiger partial charge in [-0.15, -0.1) is 0 Å². The molecular weight excluding hydrogens is 190 g/mol. The van der Waals surface area contributed by atoms with Gasteiger partial charge in [-0.05, 0) is 12.1 Å². The second-order valence-electron chi connectivity index (χ2n) is 2.58. The molecule has 2 aromatic rings. The lowest BCUT2D eigenvalue weighted by molar-refractivity contribution is 0.100. The Labute approximate surface area is 78.9 Å². The first-order valence-electron chi connectivity index (χ1n) is 3.61. The van der Waals surface area contributed by atoms with E-state index in [1.54, 1.807) is 28.9 Å². The van der Waals surface area contributed by atoms with Gasteiger partial charge in [0.25, 0.3) is 5.91 Å². The van der Waals surface area contributed by atoms with Gasteiger partial charge >= 0.3 is 0 Å². The summed E-state index contributed by atoms with van der Waals surface area (Å²) in [6.45, 7) is 0. The van der Waals surface area contributed by atoms with Crippen LogP contribution in [0.5, 0.6) is 0 Å². The summed E-state index contributed by atoms with van der Waals surface area (Å²) in [5.41, 5.74) is 6.01. The van der Waals surface area contributed by atoms with Crippen molar-refractivity contribution in [2.75, 3.05) is 0 Å². The monoisotopic (exact) mass is 195 g/mol. The number of nitrogens with zero attached hydrogens (tertiary/aromatic N) is 2. The molecule has 0 bridgehead atoms. The summed E-state index contributed by atoms with van der Waals surface area (Å²) >= 11 is 5.68. The van der Waals surface area contributed by atoms with E-state index in [4.69, 9.17) is 17.3 Å². The van der Waals surface area contributed by atoms with Crippen molar-refractivity contribution in [2.24, 2.45) is 5.73 Å². The molecule has 0 aliphatic heterocycles. The highest BCUT2D eigenvalue weighted by Crippen LogP contribution is 2.13. The van der Waals surface area contributed by atoms with E-state index in [2.05, 4.69) is 4.98 Å². The molecule has 0 saturated carbocycles. The van der Waals surface area contributed by atoms with Crippen LogP contribution in [0.4, 0.5) is 0 Å². The zero-order valence-corrected chi connectivity index (χ0v) is 7.32. The second-order valence-corrected chi connectivity index (χ2v) is 2.97. The van der Waals surface area contributed by atoms with Crippen molar-refractivity contribution in [3.63, 3.8) is 0 Å². The summed E-state index contributed by atoms with van der Waals surface area (Å²) in [7, 11) is 0. The SMILES string of the molecule is NC(=O)c1cccn2cc(Cl)nc12. The highest BCUT2D eigenvalue weighted by atomic mass is 35.5. The van der Waals surface area contributed by atoms with E-state index in [0.717, 1.165) is 0 Å². The van der Waals surface area contributed by atoms with Gasteiger partial charge in [0.05, 0.1) is 5.56 Å². The summed E-state index contributed by atoms with van der Waals surface area (Å²) in [6, 6.07) is 3.33. The van der Waals surface area contributed by atoms with Crippen molar-refractivity contribution in [3.8, 4) is 0 Å². The molecule has 66 valence electrons. The number of pyridine rings is 1. The van der Waals surface area contributed by atoms with E-state index in [0.29, 0.717) is 16.4 Å². The number of halogens is 1. The number of rotatable bonds is 1. The molecule has 2 heterocycles. The van der Waals surface area contributed by atoms with Crippen LogP contribution in [0.3, 0.4) is 0 Å². The van der Waals surface area contributed by atoms with Crippen molar-refractivity contribution < 1.29 is 4.79 Å². The summed E-state index contributed by atoms with van der Waals surface area (Å²) < 4.78 is 1.66. The minimum absolute atomic E-state index is 0.341. The first kappa shape index (κ1) is 8.07. The maximum atomic E-state index is 10.9. The summed E-state index contributed by atoms with van der Waals surface area (Å²) in [5, 5.41) is 0.341. The van der Waals surface area contributed by atoms with Crippen molar-refractivity contribution >= 4 is 23.2 Å². The third-order valence-electron chi connectivity index (χ3n) is 1.72. The molecule has 0 spiro atoms. The topological polar surface area (TPSA) is 60.4 Å². The van der Waals surface area contributed by atoms with Crippen LogP contribution in [0.1, 0.15) is 10.4 Å². The standard InChI is InChI=1S/C8H6ClN3O/c9-6-4-12-3-1-2-5(7(10)13)8(12)11-6/h1-4H,(H2,10,13). The lowest BCUT2D eigenvalue weighted by atomic mass is 10.2.